The van der Waals surface area contributed by atoms with Crippen molar-refractivity contribution in [2.24, 2.45) is 11.7 Å². The van der Waals surface area contributed by atoms with E-state index in [0.717, 1.165) is 4.47 Å². The first kappa shape index (κ1) is 13.9. The van der Waals surface area contributed by atoms with Crippen LogP contribution in [0.15, 0.2) is 22.7 Å². The fraction of sp³-hybridized carbons (Fsp3) is 0.600. The minimum absolute atomic E-state index is 0.0884. The summed E-state index contributed by atoms with van der Waals surface area (Å²) >= 11 is 3.63. The van der Waals surface area contributed by atoms with Gasteiger partial charge >= 0.3 is 0 Å². The molecular formula is C15H23BrN2. The van der Waals surface area contributed by atoms with Crippen molar-refractivity contribution in [1.82, 2.24) is 0 Å². The van der Waals surface area contributed by atoms with E-state index in [1.165, 1.54) is 36.9 Å². The molecule has 0 radical (unpaired) electrons. The second-order valence-electron chi connectivity index (χ2n) is 5.47. The molecule has 1 saturated carbocycles. The average Bonchev–Trinajstić information content (AvgIpc) is 2.77. The molecule has 0 spiro atoms. The van der Waals surface area contributed by atoms with Crippen LogP contribution >= 0.6 is 15.9 Å². The zero-order valence-electron chi connectivity index (χ0n) is 11.3. The summed E-state index contributed by atoms with van der Waals surface area (Å²) in [5.41, 5.74) is 8.64. The molecule has 1 fully saturated rings. The van der Waals surface area contributed by atoms with Crippen LogP contribution in [0.4, 0.5) is 5.69 Å². The molecule has 3 N–H and O–H groups in total. The van der Waals surface area contributed by atoms with Crippen LogP contribution in [0.3, 0.4) is 0 Å². The summed E-state index contributed by atoms with van der Waals surface area (Å²) in [5.74, 6) is 0.690. The third-order valence-corrected chi connectivity index (χ3v) is 5.01. The van der Waals surface area contributed by atoms with Crippen LogP contribution in [0.5, 0.6) is 0 Å². The van der Waals surface area contributed by atoms with Gasteiger partial charge in [-0.25, -0.2) is 0 Å². The number of aryl methyl sites for hydroxylation is 1. The van der Waals surface area contributed by atoms with E-state index in [9.17, 15) is 0 Å². The van der Waals surface area contributed by atoms with Crippen molar-refractivity contribution >= 4 is 21.6 Å². The summed E-state index contributed by atoms with van der Waals surface area (Å²) in [7, 11) is 0. The molecule has 1 aromatic rings. The summed E-state index contributed by atoms with van der Waals surface area (Å²) in [6, 6.07) is 6.43. The van der Waals surface area contributed by atoms with Gasteiger partial charge in [0.05, 0.1) is 5.54 Å². The Labute approximate surface area is 118 Å². The maximum atomic E-state index is 6.09. The first-order valence-electron chi connectivity index (χ1n) is 6.85. The summed E-state index contributed by atoms with van der Waals surface area (Å²) in [4.78, 5) is 0. The summed E-state index contributed by atoms with van der Waals surface area (Å²) < 4.78 is 1.13. The number of anilines is 1. The maximum absolute atomic E-state index is 6.09. The lowest BCUT2D eigenvalue weighted by molar-refractivity contribution is 0.346. The van der Waals surface area contributed by atoms with E-state index in [-0.39, 0.29) is 5.54 Å². The highest BCUT2D eigenvalue weighted by molar-refractivity contribution is 9.10. The molecular weight excluding hydrogens is 288 g/mol. The normalized spacial score (nSPS) is 27.4. The molecule has 0 bridgehead atoms. The first-order chi connectivity index (χ1) is 8.61. The van der Waals surface area contributed by atoms with Crippen molar-refractivity contribution in [3.8, 4) is 0 Å². The van der Waals surface area contributed by atoms with Gasteiger partial charge in [-0.05, 0) is 59.3 Å². The number of nitrogens with one attached hydrogen (secondary N) is 1. The fourth-order valence-corrected chi connectivity index (χ4v) is 3.57. The van der Waals surface area contributed by atoms with Gasteiger partial charge in [0.15, 0.2) is 0 Å². The number of hydrogen-bond donors (Lipinski definition) is 2. The molecule has 0 aliphatic heterocycles. The van der Waals surface area contributed by atoms with E-state index in [1.807, 2.05) is 0 Å². The molecule has 0 aromatic heterocycles. The van der Waals surface area contributed by atoms with Gasteiger partial charge in [-0.3, -0.25) is 0 Å². The number of nitrogens with two attached hydrogens (primary N) is 1. The van der Waals surface area contributed by atoms with Crippen molar-refractivity contribution in [2.75, 3.05) is 11.9 Å². The molecule has 100 valence electrons. The highest BCUT2D eigenvalue weighted by Crippen LogP contribution is 2.41. The Hall–Kier alpha value is -0.540. The van der Waals surface area contributed by atoms with Crippen LogP contribution in [0.2, 0.25) is 0 Å². The zero-order chi connectivity index (χ0) is 13.2. The molecule has 2 rings (SSSR count). The highest BCUT2D eigenvalue weighted by Gasteiger charge is 2.40. The van der Waals surface area contributed by atoms with Crippen molar-refractivity contribution in [1.29, 1.82) is 0 Å². The van der Waals surface area contributed by atoms with E-state index in [2.05, 4.69) is 53.3 Å². The van der Waals surface area contributed by atoms with Gasteiger partial charge in [-0.2, -0.15) is 0 Å². The second kappa shape index (κ2) is 5.62. The van der Waals surface area contributed by atoms with E-state index in [0.29, 0.717) is 12.5 Å². The third kappa shape index (κ3) is 2.57. The van der Waals surface area contributed by atoms with Crippen molar-refractivity contribution in [3.05, 3.63) is 28.2 Å². The molecule has 0 saturated heterocycles. The smallest absolute Gasteiger partial charge is 0.0524 e. The Morgan fingerprint density at radius 3 is 2.94 bits per heavy atom. The predicted octanol–water partition coefficient (Wildman–Crippen LogP) is 4.08. The Morgan fingerprint density at radius 2 is 2.28 bits per heavy atom. The molecule has 3 heteroatoms. The molecule has 0 amide bonds. The van der Waals surface area contributed by atoms with E-state index >= 15 is 0 Å². The summed E-state index contributed by atoms with van der Waals surface area (Å²) in [5, 5.41) is 3.74. The van der Waals surface area contributed by atoms with E-state index in [1.54, 1.807) is 0 Å². The SMILES string of the molecule is CCC1CCCC1(CN)Nc1cc(C)ccc1Br. The molecule has 18 heavy (non-hydrogen) atoms. The lowest BCUT2D eigenvalue weighted by Crippen LogP contribution is -2.48. The van der Waals surface area contributed by atoms with Crippen LogP contribution < -0.4 is 11.1 Å². The Morgan fingerprint density at radius 1 is 1.50 bits per heavy atom. The number of hydrogen-bond acceptors (Lipinski definition) is 2. The molecule has 0 heterocycles. The minimum Gasteiger partial charge on any atom is -0.377 e. The van der Waals surface area contributed by atoms with Gasteiger partial charge in [0, 0.05) is 16.7 Å². The maximum Gasteiger partial charge on any atom is 0.0524 e. The Kier molecular flexibility index (Phi) is 4.33. The average molecular weight is 311 g/mol. The molecule has 2 nitrogen and oxygen atoms in total. The molecule has 2 atom stereocenters. The van der Waals surface area contributed by atoms with Crippen LogP contribution in [-0.2, 0) is 0 Å². The van der Waals surface area contributed by atoms with Crippen LogP contribution in [0.1, 0.15) is 38.2 Å². The fourth-order valence-electron chi connectivity index (χ4n) is 3.23. The third-order valence-electron chi connectivity index (χ3n) is 4.32. The van der Waals surface area contributed by atoms with Gasteiger partial charge < -0.3 is 11.1 Å². The number of rotatable bonds is 4. The first-order valence-corrected chi connectivity index (χ1v) is 7.65. The van der Waals surface area contributed by atoms with E-state index in [4.69, 9.17) is 5.73 Å². The standard InChI is InChI=1S/C15H23BrN2/c1-3-12-5-4-8-15(12,10-17)18-14-9-11(2)6-7-13(14)16/h6-7,9,12,18H,3-5,8,10,17H2,1-2H3. The highest BCUT2D eigenvalue weighted by atomic mass is 79.9. The molecule has 1 aliphatic rings. The van der Waals surface area contributed by atoms with Gasteiger partial charge in [0.1, 0.15) is 0 Å². The quantitative estimate of drug-likeness (QED) is 0.879. The lowest BCUT2D eigenvalue weighted by Gasteiger charge is -2.36. The number of halogens is 1. The van der Waals surface area contributed by atoms with Crippen molar-refractivity contribution in [2.45, 2.75) is 45.1 Å². The largest absolute Gasteiger partial charge is 0.377 e. The second-order valence-corrected chi connectivity index (χ2v) is 6.32. The van der Waals surface area contributed by atoms with Gasteiger partial charge in [0.25, 0.3) is 0 Å². The van der Waals surface area contributed by atoms with Crippen molar-refractivity contribution in [3.63, 3.8) is 0 Å². The topological polar surface area (TPSA) is 38.0 Å². The van der Waals surface area contributed by atoms with Crippen molar-refractivity contribution < 1.29 is 0 Å². The van der Waals surface area contributed by atoms with Crippen LogP contribution in [-0.4, -0.2) is 12.1 Å². The molecule has 1 aromatic carbocycles. The summed E-state index contributed by atoms with van der Waals surface area (Å²) in [6.45, 7) is 5.11. The van der Waals surface area contributed by atoms with Gasteiger partial charge in [-0.1, -0.05) is 25.8 Å². The van der Waals surface area contributed by atoms with Gasteiger partial charge in [-0.15, -0.1) is 0 Å². The molecule has 2 unspecified atom stereocenters. The zero-order valence-corrected chi connectivity index (χ0v) is 12.9. The Bertz CT molecular complexity index is 419. The molecule has 1 aliphatic carbocycles. The minimum atomic E-state index is 0.0884. The monoisotopic (exact) mass is 310 g/mol. The number of benzene rings is 1. The summed E-state index contributed by atoms with van der Waals surface area (Å²) in [6.07, 6.45) is 4.96. The van der Waals surface area contributed by atoms with Crippen LogP contribution in [0, 0.1) is 12.8 Å². The lowest BCUT2D eigenvalue weighted by atomic mass is 9.84. The van der Waals surface area contributed by atoms with Gasteiger partial charge in [0.2, 0.25) is 0 Å². The Balaban J connectivity index is 2.27. The predicted molar refractivity (Wildman–Crippen MR) is 81.9 cm³/mol. The van der Waals surface area contributed by atoms with E-state index < -0.39 is 0 Å². The van der Waals surface area contributed by atoms with Crippen LogP contribution in [0.25, 0.3) is 0 Å².